The van der Waals surface area contributed by atoms with Crippen LogP contribution in [0.2, 0.25) is 0 Å². The Hall–Kier alpha value is -0.660. The molecule has 2 heteroatoms. The normalized spacial score (nSPS) is 10.0. The molecule has 60 valence electrons. The zero-order valence-corrected chi connectivity index (χ0v) is 7.46. The molecule has 0 spiro atoms. The van der Waals surface area contributed by atoms with Gasteiger partial charge in [-0.1, -0.05) is 26.7 Å². The van der Waals surface area contributed by atoms with Gasteiger partial charge in [-0.15, -0.1) is 0 Å². The third kappa shape index (κ3) is 26.4. The van der Waals surface area contributed by atoms with Gasteiger partial charge in [-0.3, -0.25) is 9.98 Å². The maximum Gasteiger partial charge on any atom is 0.109 e. The van der Waals surface area contributed by atoms with E-state index in [-0.39, 0.29) is 0 Å². The molecular weight excluding hydrogens is 124 g/mol. The fraction of sp³-hybridized carbons (Fsp3) is 0.750. The van der Waals surface area contributed by atoms with Gasteiger partial charge in [0.25, 0.3) is 0 Å². The summed E-state index contributed by atoms with van der Waals surface area (Å²) < 4.78 is 0. The van der Waals surface area contributed by atoms with Crippen molar-refractivity contribution in [3.8, 4) is 0 Å². The van der Waals surface area contributed by atoms with E-state index in [9.17, 15) is 0 Å². The van der Waals surface area contributed by atoms with E-state index >= 15 is 0 Å². The van der Waals surface area contributed by atoms with Crippen LogP contribution in [0.3, 0.4) is 0 Å². The molecule has 2 nitrogen and oxygen atoms in total. The first-order chi connectivity index (χ1) is 4.83. The molecular formula is C8H18N2. The summed E-state index contributed by atoms with van der Waals surface area (Å²) in [6.07, 6.45) is 5.83. The molecule has 0 heterocycles. The molecule has 0 bridgehead atoms. The van der Waals surface area contributed by atoms with Crippen molar-refractivity contribution in [2.45, 2.75) is 33.6 Å². The Morgan fingerprint density at radius 3 is 1.80 bits per heavy atom. The van der Waals surface area contributed by atoms with Crippen molar-refractivity contribution < 1.29 is 0 Å². The number of rotatable bonds is 2. The molecule has 0 aromatic heterocycles. The number of aliphatic imine (C=N–C) groups is 2. The quantitative estimate of drug-likeness (QED) is 0.418. The second-order valence-electron chi connectivity index (χ2n) is 1.78. The van der Waals surface area contributed by atoms with Gasteiger partial charge < -0.3 is 0 Å². The zero-order valence-electron chi connectivity index (χ0n) is 7.46. The van der Waals surface area contributed by atoms with Crippen LogP contribution in [0, 0.1) is 0 Å². The van der Waals surface area contributed by atoms with Crippen LogP contribution >= 0.6 is 0 Å². The maximum atomic E-state index is 3.67. The van der Waals surface area contributed by atoms with E-state index in [1.54, 1.807) is 13.3 Å². The van der Waals surface area contributed by atoms with E-state index < -0.39 is 0 Å². The summed E-state index contributed by atoms with van der Waals surface area (Å²) in [6, 6.07) is 0. The molecule has 0 aliphatic rings. The Morgan fingerprint density at radius 2 is 1.70 bits per heavy atom. The van der Waals surface area contributed by atoms with Crippen LogP contribution in [0.25, 0.3) is 0 Å². The van der Waals surface area contributed by atoms with E-state index in [0.29, 0.717) is 0 Å². The lowest BCUT2D eigenvalue weighted by atomic mass is 10.4. The maximum absolute atomic E-state index is 3.67. The van der Waals surface area contributed by atoms with E-state index in [1.165, 1.54) is 19.2 Å². The molecule has 0 aliphatic heterocycles. The first-order valence-corrected chi connectivity index (χ1v) is 3.71. The molecule has 0 aromatic rings. The van der Waals surface area contributed by atoms with Gasteiger partial charge in [0.1, 0.15) is 6.34 Å². The first-order valence-electron chi connectivity index (χ1n) is 3.71. The zero-order chi connectivity index (χ0) is 8.24. The lowest BCUT2D eigenvalue weighted by Crippen LogP contribution is -1.61. The summed E-state index contributed by atoms with van der Waals surface area (Å²) in [5.74, 6) is 0. The molecule has 0 saturated carbocycles. The first kappa shape index (κ1) is 12.1. The predicted molar refractivity (Wildman–Crippen MR) is 49.2 cm³/mol. The lowest BCUT2D eigenvalue weighted by Gasteiger charge is -1.68. The second kappa shape index (κ2) is 15.8. The Morgan fingerprint density at radius 1 is 1.20 bits per heavy atom. The van der Waals surface area contributed by atoms with Gasteiger partial charge in [-0.2, -0.15) is 0 Å². The fourth-order valence-corrected chi connectivity index (χ4v) is 0.133. The van der Waals surface area contributed by atoms with Crippen LogP contribution < -0.4 is 0 Å². The van der Waals surface area contributed by atoms with Gasteiger partial charge >= 0.3 is 0 Å². The summed E-state index contributed by atoms with van der Waals surface area (Å²) in [4.78, 5) is 7.28. The lowest BCUT2D eigenvalue weighted by molar-refractivity contribution is 0.886. The van der Waals surface area contributed by atoms with Crippen LogP contribution in [0.5, 0.6) is 0 Å². The predicted octanol–water partition coefficient (Wildman–Crippen LogP) is 2.54. The summed E-state index contributed by atoms with van der Waals surface area (Å²) in [7, 11) is 1.69. The number of hydrogen-bond acceptors (Lipinski definition) is 1. The Bertz CT molecular complexity index is 73.3. The highest BCUT2D eigenvalue weighted by molar-refractivity contribution is 5.70. The SMILES string of the molecule is CC=NC=NC.CCCC. The van der Waals surface area contributed by atoms with Crippen molar-refractivity contribution in [1.82, 2.24) is 0 Å². The van der Waals surface area contributed by atoms with Crippen molar-refractivity contribution in [1.29, 1.82) is 0 Å². The van der Waals surface area contributed by atoms with Crippen molar-refractivity contribution in [2.75, 3.05) is 7.05 Å². The molecule has 10 heavy (non-hydrogen) atoms. The molecule has 0 N–H and O–H groups in total. The molecule has 0 fully saturated rings. The van der Waals surface area contributed by atoms with Crippen LogP contribution in [0.15, 0.2) is 9.98 Å². The second-order valence-corrected chi connectivity index (χ2v) is 1.78. The van der Waals surface area contributed by atoms with Crippen LogP contribution in [-0.2, 0) is 0 Å². The number of hydrogen-bond donors (Lipinski definition) is 0. The van der Waals surface area contributed by atoms with Crippen molar-refractivity contribution >= 4 is 12.6 Å². The monoisotopic (exact) mass is 142 g/mol. The topological polar surface area (TPSA) is 24.7 Å². The van der Waals surface area contributed by atoms with Gasteiger partial charge in [-0.05, 0) is 6.92 Å². The van der Waals surface area contributed by atoms with E-state index in [2.05, 4.69) is 23.8 Å². The Labute approximate surface area is 64.1 Å². The minimum Gasteiger partial charge on any atom is -0.277 e. The average Bonchev–Trinajstić information content (AvgIpc) is 2.01. The largest absolute Gasteiger partial charge is 0.277 e. The van der Waals surface area contributed by atoms with E-state index in [4.69, 9.17) is 0 Å². The third-order valence-corrected chi connectivity index (χ3v) is 0.831. The minimum absolute atomic E-state index is 1.32. The highest BCUT2D eigenvalue weighted by Gasteiger charge is 1.56. The highest BCUT2D eigenvalue weighted by atomic mass is 14.8. The molecule has 0 amide bonds. The molecule has 0 radical (unpaired) electrons. The van der Waals surface area contributed by atoms with Crippen molar-refractivity contribution in [3.63, 3.8) is 0 Å². The van der Waals surface area contributed by atoms with Crippen molar-refractivity contribution in [3.05, 3.63) is 0 Å². The van der Waals surface area contributed by atoms with Gasteiger partial charge in [0, 0.05) is 13.3 Å². The third-order valence-electron chi connectivity index (χ3n) is 0.831. The molecule has 0 aliphatic carbocycles. The summed E-state index contributed by atoms with van der Waals surface area (Å²) in [6.45, 7) is 6.21. The van der Waals surface area contributed by atoms with Crippen LogP contribution in [0.4, 0.5) is 0 Å². The standard InChI is InChI=1S/C4H8N2.C4H10/c1-3-6-4-5-2;1-3-4-2/h3-4H,1-2H3;3-4H2,1-2H3. The minimum atomic E-state index is 1.32. The molecule has 0 saturated heterocycles. The van der Waals surface area contributed by atoms with Crippen LogP contribution in [-0.4, -0.2) is 19.6 Å². The number of unbranched alkanes of at least 4 members (excludes halogenated alkanes) is 1. The van der Waals surface area contributed by atoms with Crippen LogP contribution in [0.1, 0.15) is 33.6 Å². The molecule has 0 aromatic carbocycles. The molecule has 0 rings (SSSR count). The van der Waals surface area contributed by atoms with E-state index in [1.807, 2.05) is 6.92 Å². The summed E-state index contributed by atoms with van der Waals surface area (Å²) >= 11 is 0. The Kier molecular flexibility index (Phi) is 19.0. The molecule has 0 unspecified atom stereocenters. The van der Waals surface area contributed by atoms with Crippen molar-refractivity contribution in [2.24, 2.45) is 9.98 Å². The highest BCUT2D eigenvalue weighted by Crippen LogP contribution is 1.76. The van der Waals surface area contributed by atoms with Gasteiger partial charge in [0.2, 0.25) is 0 Å². The summed E-state index contributed by atoms with van der Waals surface area (Å²) in [5, 5.41) is 0. The summed E-state index contributed by atoms with van der Waals surface area (Å²) in [5.41, 5.74) is 0. The van der Waals surface area contributed by atoms with Gasteiger partial charge in [0.05, 0.1) is 0 Å². The number of nitrogens with zero attached hydrogens (tertiary/aromatic N) is 2. The fourth-order valence-electron chi connectivity index (χ4n) is 0.133. The van der Waals surface area contributed by atoms with Gasteiger partial charge in [0.15, 0.2) is 0 Å². The smallest absolute Gasteiger partial charge is 0.109 e. The Balaban J connectivity index is 0. The van der Waals surface area contributed by atoms with E-state index in [0.717, 1.165) is 0 Å². The average molecular weight is 142 g/mol. The molecule has 0 atom stereocenters. The van der Waals surface area contributed by atoms with Gasteiger partial charge in [-0.25, -0.2) is 0 Å².